The van der Waals surface area contributed by atoms with E-state index in [9.17, 15) is 9.90 Å². The van der Waals surface area contributed by atoms with Gasteiger partial charge >= 0.3 is 0 Å². The van der Waals surface area contributed by atoms with Crippen molar-refractivity contribution in [3.63, 3.8) is 0 Å². The Balaban J connectivity index is 1.97. The second-order valence-electron chi connectivity index (χ2n) is 7.28. The maximum Gasteiger partial charge on any atom is 0.251 e. The van der Waals surface area contributed by atoms with Gasteiger partial charge in [-0.3, -0.25) is 9.63 Å². The van der Waals surface area contributed by atoms with Crippen LogP contribution in [0.4, 0.5) is 0 Å². The molecular weight excluding hydrogens is 366 g/mol. The fourth-order valence-electron chi connectivity index (χ4n) is 3.32. The van der Waals surface area contributed by atoms with Gasteiger partial charge in [0.1, 0.15) is 0 Å². The second kappa shape index (κ2) is 12.8. The van der Waals surface area contributed by atoms with Gasteiger partial charge in [0, 0.05) is 0 Å². The summed E-state index contributed by atoms with van der Waals surface area (Å²) in [6, 6.07) is 14.8. The average Bonchev–Trinajstić information content (AvgIpc) is 2.74. The number of hydrogen-bond donors (Lipinski definition) is 2. The summed E-state index contributed by atoms with van der Waals surface area (Å²) >= 11 is 0. The molecule has 0 aromatic heterocycles. The first-order chi connectivity index (χ1) is 14.2. The molecule has 29 heavy (non-hydrogen) atoms. The number of carbonyl (C=O) groups excluding carboxylic acids is 1. The number of aromatic hydroxyl groups is 1. The molecule has 1 atom stereocenters. The molecule has 0 spiro atoms. The SMILES string of the molecule is CCCCCCCCC(C(=O)NOCc1ccccc1)c1ccc(O)c(OC)c1. The minimum Gasteiger partial charge on any atom is -0.504 e. The summed E-state index contributed by atoms with van der Waals surface area (Å²) in [5, 5.41) is 9.87. The van der Waals surface area contributed by atoms with Gasteiger partial charge in [-0.2, -0.15) is 0 Å². The monoisotopic (exact) mass is 399 g/mol. The third-order valence-corrected chi connectivity index (χ3v) is 5.02. The number of carbonyl (C=O) groups is 1. The Morgan fingerprint density at radius 1 is 1.03 bits per heavy atom. The first-order valence-electron chi connectivity index (χ1n) is 10.5. The van der Waals surface area contributed by atoms with E-state index in [1.165, 1.54) is 32.8 Å². The molecule has 1 amide bonds. The minimum atomic E-state index is -0.355. The molecule has 5 nitrogen and oxygen atoms in total. The van der Waals surface area contributed by atoms with E-state index in [2.05, 4.69) is 12.4 Å². The topological polar surface area (TPSA) is 67.8 Å². The van der Waals surface area contributed by atoms with Crippen molar-refractivity contribution >= 4 is 5.91 Å². The Bertz CT molecular complexity index is 733. The fraction of sp³-hybridized carbons (Fsp3) is 0.458. The zero-order valence-corrected chi connectivity index (χ0v) is 17.5. The average molecular weight is 400 g/mol. The van der Waals surface area contributed by atoms with Crippen LogP contribution in [0.15, 0.2) is 48.5 Å². The molecule has 158 valence electrons. The van der Waals surface area contributed by atoms with Crippen LogP contribution in [0.3, 0.4) is 0 Å². The van der Waals surface area contributed by atoms with Crippen molar-refractivity contribution < 1.29 is 19.5 Å². The van der Waals surface area contributed by atoms with Crippen LogP contribution >= 0.6 is 0 Å². The first-order valence-corrected chi connectivity index (χ1v) is 10.5. The summed E-state index contributed by atoms with van der Waals surface area (Å²) in [7, 11) is 1.50. The highest BCUT2D eigenvalue weighted by Gasteiger charge is 2.22. The number of methoxy groups -OCH3 is 1. The zero-order valence-electron chi connectivity index (χ0n) is 17.5. The Kier molecular flexibility index (Phi) is 10.1. The van der Waals surface area contributed by atoms with Crippen molar-refractivity contribution in [1.29, 1.82) is 0 Å². The van der Waals surface area contributed by atoms with Crippen LogP contribution in [0.25, 0.3) is 0 Å². The number of ether oxygens (including phenoxy) is 1. The minimum absolute atomic E-state index is 0.0651. The molecule has 2 N–H and O–H groups in total. The van der Waals surface area contributed by atoms with Crippen LogP contribution in [0.2, 0.25) is 0 Å². The van der Waals surface area contributed by atoms with Crippen molar-refractivity contribution in [1.82, 2.24) is 5.48 Å². The number of amides is 1. The number of phenols is 1. The van der Waals surface area contributed by atoms with Crippen molar-refractivity contribution in [3.8, 4) is 11.5 Å². The van der Waals surface area contributed by atoms with E-state index in [4.69, 9.17) is 9.57 Å². The molecule has 0 aliphatic rings. The Hall–Kier alpha value is -2.53. The molecule has 0 aliphatic heterocycles. The standard InChI is InChI=1S/C24H33NO4/c1-3-4-5-6-7-11-14-21(20-15-16-22(26)23(17-20)28-2)24(27)25-29-18-19-12-9-8-10-13-19/h8-10,12-13,15-17,21,26H,3-7,11,14,18H2,1-2H3,(H,25,27). The van der Waals surface area contributed by atoms with Crippen LogP contribution in [0.1, 0.15) is 68.9 Å². The van der Waals surface area contributed by atoms with Crippen molar-refractivity contribution in [2.75, 3.05) is 7.11 Å². The summed E-state index contributed by atoms with van der Waals surface area (Å²) in [5.74, 6) is -0.0996. The lowest BCUT2D eigenvalue weighted by Crippen LogP contribution is -2.29. The van der Waals surface area contributed by atoms with Gasteiger partial charge in [0.25, 0.3) is 5.91 Å². The summed E-state index contributed by atoms with van der Waals surface area (Å²) in [5.41, 5.74) is 4.41. The quantitative estimate of drug-likeness (QED) is 0.345. The lowest BCUT2D eigenvalue weighted by molar-refractivity contribution is -0.136. The molecule has 2 aromatic carbocycles. The Morgan fingerprint density at radius 2 is 1.76 bits per heavy atom. The second-order valence-corrected chi connectivity index (χ2v) is 7.28. The van der Waals surface area contributed by atoms with Gasteiger partial charge in [-0.1, -0.05) is 81.8 Å². The Labute approximate surface area is 174 Å². The lowest BCUT2D eigenvalue weighted by Gasteiger charge is -2.18. The molecule has 0 saturated carbocycles. The largest absolute Gasteiger partial charge is 0.504 e. The highest BCUT2D eigenvalue weighted by molar-refractivity contribution is 5.83. The van der Waals surface area contributed by atoms with E-state index < -0.39 is 0 Å². The number of hydrogen-bond acceptors (Lipinski definition) is 4. The predicted molar refractivity (Wildman–Crippen MR) is 115 cm³/mol. The molecule has 0 fully saturated rings. The highest BCUT2D eigenvalue weighted by Crippen LogP contribution is 2.32. The van der Waals surface area contributed by atoms with Crippen molar-refractivity contribution in [3.05, 3.63) is 59.7 Å². The lowest BCUT2D eigenvalue weighted by atomic mass is 9.92. The van der Waals surface area contributed by atoms with Crippen LogP contribution in [-0.2, 0) is 16.2 Å². The van der Waals surface area contributed by atoms with Crippen LogP contribution in [0.5, 0.6) is 11.5 Å². The fourth-order valence-corrected chi connectivity index (χ4v) is 3.32. The normalized spacial score (nSPS) is 11.8. The van der Waals surface area contributed by atoms with Crippen LogP contribution in [0, 0.1) is 0 Å². The predicted octanol–water partition coefficient (Wildman–Crippen LogP) is 5.48. The zero-order chi connectivity index (χ0) is 20.9. The third-order valence-electron chi connectivity index (χ3n) is 5.02. The molecule has 0 radical (unpaired) electrons. The van der Waals surface area contributed by atoms with Gasteiger partial charge < -0.3 is 9.84 Å². The molecule has 2 rings (SSSR count). The van der Waals surface area contributed by atoms with E-state index in [0.717, 1.165) is 30.4 Å². The third kappa shape index (κ3) is 7.78. The molecular formula is C24H33NO4. The molecule has 1 unspecified atom stereocenters. The van der Waals surface area contributed by atoms with Crippen molar-refractivity contribution in [2.45, 2.75) is 64.4 Å². The van der Waals surface area contributed by atoms with E-state index in [-0.39, 0.29) is 17.6 Å². The van der Waals surface area contributed by atoms with Gasteiger partial charge in [0.05, 0.1) is 19.6 Å². The molecule has 0 heterocycles. The molecule has 2 aromatic rings. The van der Waals surface area contributed by atoms with Gasteiger partial charge in [-0.05, 0) is 29.7 Å². The number of phenolic OH excluding ortho intramolecular Hbond substituents is 1. The Morgan fingerprint density at radius 3 is 2.48 bits per heavy atom. The maximum atomic E-state index is 12.8. The summed E-state index contributed by atoms with van der Waals surface area (Å²) in [6.07, 6.45) is 7.68. The van der Waals surface area contributed by atoms with Gasteiger partial charge in [0.2, 0.25) is 0 Å². The van der Waals surface area contributed by atoms with Crippen LogP contribution < -0.4 is 10.2 Å². The number of nitrogens with one attached hydrogen (secondary N) is 1. The highest BCUT2D eigenvalue weighted by atomic mass is 16.6. The number of benzene rings is 2. The maximum absolute atomic E-state index is 12.8. The first kappa shape index (κ1) is 22.8. The summed E-state index contributed by atoms with van der Waals surface area (Å²) in [4.78, 5) is 18.3. The van der Waals surface area contributed by atoms with Gasteiger partial charge in [-0.15, -0.1) is 0 Å². The van der Waals surface area contributed by atoms with E-state index in [1.807, 2.05) is 30.3 Å². The molecule has 5 heteroatoms. The van der Waals surface area contributed by atoms with Gasteiger partial charge in [-0.25, -0.2) is 5.48 Å². The number of unbranched alkanes of at least 4 members (excludes halogenated alkanes) is 5. The summed E-state index contributed by atoms with van der Waals surface area (Å²) in [6.45, 7) is 2.52. The summed E-state index contributed by atoms with van der Waals surface area (Å²) < 4.78 is 5.21. The van der Waals surface area contributed by atoms with E-state index in [1.54, 1.807) is 18.2 Å². The number of rotatable bonds is 13. The van der Waals surface area contributed by atoms with Crippen molar-refractivity contribution in [2.24, 2.45) is 0 Å². The smallest absolute Gasteiger partial charge is 0.251 e. The molecule has 0 bridgehead atoms. The molecule has 0 aliphatic carbocycles. The molecule has 0 saturated heterocycles. The van der Waals surface area contributed by atoms with E-state index >= 15 is 0 Å². The van der Waals surface area contributed by atoms with Gasteiger partial charge in [0.15, 0.2) is 11.5 Å². The number of hydroxylamine groups is 1. The van der Waals surface area contributed by atoms with Crippen LogP contribution in [-0.4, -0.2) is 18.1 Å². The van der Waals surface area contributed by atoms with E-state index in [0.29, 0.717) is 12.4 Å².